The van der Waals surface area contributed by atoms with E-state index in [9.17, 15) is 13.2 Å². The predicted octanol–water partition coefficient (Wildman–Crippen LogP) is 0.0752. The van der Waals surface area contributed by atoms with E-state index in [1.54, 1.807) is 4.68 Å². The molecule has 3 rings (SSSR count). The minimum atomic E-state index is -3.25. The summed E-state index contributed by atoms with van der Waals surface area (Å²) < 4.78 is 27.1. The fraction of sp³-hybridized carbons (Fsp3) is 0.750. The summed E-state index contributed by atoms with van der Waals surface area (Å²) in [7, 11) is -1.38. The zero-order chi connectivity index (χ0) is 18.0. The Morgan fingerprint density at radius 1 is 1.38 bits per heavy atom. The molecule has 0 spiro atoms. The van der Waals surface area contributed by atoms with Gasteiger partial charge >= 0.3 is 0 Å². The minimum Gasteiger partial charge on any atom is -0.338 e. The van der Waals surface area contributed by atoms with E-state index in [-0.39, 0.29) is 36.2 Å². The van der Waals surface area contributed by atoms with E-state index in [1.165, 1.54) is 0 Å². The summed E-state index contributed by atoms with van der Waals surface area (Å²) in [6.07, 6.45) is 7.79. The average molecular weight is 406 g/mol. The molecule has 3 heterocycles. The molecule has 0 radical (unpaired) electrons. The van der Waals surface area contributed by atoms with Crippen LogP contribution in [0.2, 0.25) is 0 Å². The summed E-state index contributed by atoms with van der Waals surface area (Å²) >= 11 is 0. The standard InChI is InChI=1S/C16H27N5O3S.ClH/c1-20-11-12(7-18-20)14-9-17-10-15(14)16(22)21-6-4-3-5-13(21)8-19-25(2,23)24;/h7,11,13-15,17,19H,3-6,8-10H2,1-2H3;1H/t13?,14-,15+;/m1./s1. The van der Waals surface area contributed by atoms with E-state index in [2.05, 4.69) is 15.1 Å². The second-order valence-electron chi connectivity index (χ2n) is 7.12. The summed E-state index contributed by atoms with van der Waals surface area (Å²) in [6, 6.07) is -0.0638. The maximum absolute atomic E-state index is 13.2. The monoisotopic (exact) mass is 405 g/mol. The Balaban J connectivity index is 0.00000243. The maximum Gasteiger partial charge on any atom is 0.227 e. The number of sulfonamides is 1. The lowest BCUT2D eigenvalue weighted by Gasteiger charge is -2.38. The molecular formula is C16H28ClN5O3S. The molecule has 1 unspecified atom stereocenters. The predicted molar refractivity (Wildman–Crippen MR) is 102 cm³/mol. The van der Waals surface area contributed by atoms with Crippen LogP contribution in [0.1, 0.15) is 30.7 Å². The highest BCUT2D eigenvalue weighted by Crippen LogP contribution is 2.31. The highest BCUT2D eigenvalue weighted by atomic mass is 35.5. The number of likely N-dealkylation sites (tertiary alicyclic amines) is 1. The van der Waals surface area contributed by atoms with Gasteiger partial charge in [-0.05, 0) is 24.8 Å². The molecule has 1 aromatic rings. The molecule has 2 aliphatic heterocycles. The Kier molecular flexibility index (Phi) is 7.06. The zero-order valence-corrected chi connectivity index (χ0v) is 16.9. The SMILES string of the molecule is Cl.Cn1cc([C@H]2CNC[C@@H]2C(=O)N2CCCCC2CNS(C)(=O)=O)cn1. The van der Waals surface area contributed by atoms with Gasteiger partial charge in [0.25, 0.3) is 0 Å². The fourth-order valence-electron chi connectivity index (χ4n) is 3.88. The number of piperidine rings is 1. The van der Waals surface area contributed by atoms with Crippen molar-refractivity contribution in [2.24, 2.45) is 13.0 Å². The number of carbonyl (C=O) groups excluding carboxylic acids is 1. The molecule has 26 heavy (non-hydrogen) atoms. The molecule has 0 saturated carbocycles. The molecule has 2 fully saturated rings. The largest absolute Gasteiger partial charge is 0.338 e. The fourth-order valence-corrected chi connectivity index (χ4v) is 4.38. The van der Waals surface area contributed by atoms with Gasteiger partial charge in [-0.25, -0.2) is 13.1 Å². The third-order valence-corrected chi connectivity index (χ3v) is 5.87. The minimum absolute atomic E-state index is 0. The summed E-state index contributed by atoms with van der Waals surface area (Å²) in [5, 5.41) is 7.55. The van der Waals surface area contributed by atoms with Gasteiger partial charge in [0.1, 0.15) is 0 Å². The van der Waals surface area contributed by atoms with Crippen LogP contribution in [0.15, 0.2) is 12.4 Å². The molecule has 8 nitrogen and oxygen atoms in total. The third-order valence-electron chi connectivity index (χ3n) is 5.18. The van der Waals surface area contributed by atoms with Gasteiger partial charge in [-0.2, -0.15) is 5.10 Å². The number of nitrogens with zero attached hydrogens (tertiary/aromatic N) is 3. The summed E-state index contributed by atoms with van der Waals surface area (Å²) in [6.45, 7) is 2.41. The van der Waals surface area contributed by atoms with Crippen molar-refractivity contribution < 1.29 is 13.2 Å². The van der Waals surface area contributed by atoms with Crippen molar-refractivity contribution in [3.05, 3.63) is 18.0 Å². The van der Waals surface area contributed by atoms with Crippen LogP contribution in [0, 0.1) is 5.92 Å². The number of amides is 1. The average Bonchev–Trinajstić information content (AvgIpc) is 3.20. The van der Waals surface area contributed by atoms with Crippen LogP contribution in [0.5, 0.6) is 0 Å². The Morgan fingerprint density at radius 3 is 2.81 bits per heavy atom. The zero-order valence-electron chi connectivity index (χ0n) is 15.2. The van der Waals surface area contributed by atoms with Crippen molar-refractivity contribution in [1.29, 1.82) is 0 Å². The molecule has 3 atom stereocenters. The number of hydrogen-bond acceptors (Lipinski definition) is 5. The van der Waals surface area contributed by atoms with Gasteiger partial charge in [0, 0.05) is 51.4 Å². The van der Waals surface area contributed by atoms with E-state index in [4.69, 9.17) is 0 Å². The molecule has 1 amide bonds. The van der Waals surface area contributed by atoms with Gasteiger partial charge in [0.05, 0.1) is 18.4 Å². The number of aromatic nitrogens is 2. The van der Waals surface area contributed by atoms with Crippen LogP contribution < -0.4 is 10.0 Å². The first-order chi connectivity index (χ1) is 11.8. The molecule has 2 aliphatic rings. The van der Waals surface area contributed by atoms with Crippen LogP contribution in [-0.4, -0.2) is 67.5 Å². The lowest BCUT2D eigenvalue weighted by Crippen LogP contribution is -2.51. The van der Waals surface area contributed by atoms with E-state index >= 15 is 0 Å². The second kappa shape index (κ2) is 8.69. The molecule has 148 valence electrons. The van der Waals surface area contributed by atoms with Gasteiger partial charge in [-0.1, -0.05) is 0 Å². The maximum atomic E-state index is 13.2. The number of hydrogen-bond donors (Lipinski definition) is 2. The lowest BCUT2D eigenvalue weighted by atomic mass is 9.88. The number of halogens is 1. The van der Waals surface area contributed by atoms with Crippen LogP contribution in [0.3, 0.4) is 0 Å². The van der Waals surface area contributed by atoms with Crippen molar-refractivity contribution in [3.63, 3.8) is 0 Å². The van der Waals surface area contributed by atoms with Crippen molar-refractivity contribution in [2.45, 2.75) is 31.2 Å². The number of nitrogens with one attached hydrogen (secondary N) is 2. The van der Waals surface area contributed by atoms with Gasteiger partial charge < -0.3 is 10.2 Å². The van der Waals surface area contributed by atoms with Crippen LogP contribution >= 0.6 is 12.4 Å². The first-order valence-electron chi connectivity index (χ1n) is 8.79. The van der Waals surface area contributed by atoms with Crippen LogP contribution in [0.4, 0.5) is 0 Å². The Labute approximate surface area is 161 Å². The molecule has 2 saturated heterocycles. The van der Waals surface area contributed by atoms with E-state index in [0.717, 1.165) is 37.6 Å². The number of rotatable bonds is 5. The Bertz CT molecular complexity index is 723. The van der Waals surface area contributed by atoms with Crippen molar-refractivity contribution in [1.82, 2.24) is 24.7 Å². The third kappa shape index (κ3) is 4.97. The Morgan fingerprint density at radius 2 is 2.15 bits per heavy atom. The smallest absolute Gasteiger partial charge is 0.227 e. The van der Waals surface area contributed by atoms with Gasteiger partial charge in [0.2, 0.25) is 15.9 Å². The van der Waals surface area contributed by atoms with E-state index in [1.807, 2.05) is 24.3 Å². The quantitative estimate of drug-likeness (QED) is 0.723. The molecule has 0 aliphatic carbocycles. The molecule has 1 aromatic heterocycles. The molecule has 0 aromatic carbocycles. The summed E-state index contributed by atoms with van der Waals surface area (Å²) in [5.41, 5.74) is 1.08. The molecular weight excluding hydrogens is 378 g/mol. The van der Waals surface area contributed by atoms with Gasteiger partial charge in [-0.3, -0.25) is 9.48 Å². The van der Waals surface area contributed by atoms with Crippen LogP contribution in [0.25, 0.3) is 0 Å². The van der Waals surface area contributed by atoms with Crippen molar-refractivity contribution in [3.8, 4) is 0 Å². The van der Waals surface area contributed by atoms with E-state index in [0.29, 0.717) is 19.6 Å². The molecule has 2 N–H and O–H groups in total. The topological polar surface area (TPSA) is 96.3 Å². The van der Waals surface area contributed by atoms with Gasteiger partial charge in [0.15, 0.2) is 0 Å². The number of aryl methyl sites for hydroxylation is 1. The normalized spacial score (nSPS) is 26.5. The first-order valence-corrected chi connectivity index (χ1v) is 10.7. The highest BCUT2D eigenvalue weighted by molar-refractivity contribution is 7.88. The molecule has 10 heteroatoms. The highest BCUT2D eigenvalue weighted by Gasteiger charge is 2.39. The Hall–Kier alpha value is -1.16. The van der Waals surface area contributed by atoms with Crippen molar-refractivity contribution in [2.75, 3.05) is 32.4 Å². The second-order valence-corrected chi connectivity index (χ2v) is 8.95. The first kappa shape index (κ1) is 21.1. The lowest BCUT2D eigenvalue weighted by molar-refractivity contribution is -0.139. The molecule has 0 bridgehead atoms. The van der Waals surface area contributed by atoms with E-state index < -0.39 is 10.0 Å². The van der Waals surface area contributed by atoms with Crippen LogP contribution in [-0.2, 0) is 21.9 Å². The summed E-state index contributed by atoms with van der Waals surface area (Å²) in [5.74, 6) is 0.119. The summed E-state index contributed by atoms with van der Waals surface area (Å²) in [4.78, 5) is 15.1. The van der Waals surface area contributed by atoms with Gasteiger partial charge in [-0.15, -0.1) is 12.4 Å². The number of carbonyl (C=O) groups is 1. The van der Waals surface area contributed by atoms with Crippen molar-refractivity contribution >= 4 is 28.3 Å².